The number of hydrogen-bond donors (Lipinski definition) is 1. The van der Waals surface area contributed by atoms with Gasteiger partial charge in [-0.1, -0.05) is 56.9 Å². The Morgan fingerprint density at radius 1 is 1.05 bits per heavy atom. The lowest BCUT2D eigenvalue weighted by Crippen LogP contribution is -2.48. The number of fused-ring (bicyclic) bond motifs is 5. The van der Waals surface area contributed by atoms with E-state index >= 15 is 0 Å². The molecule has 0 unspecified atom stereocenters. The number of amides is 2. The molecule has 6 aliphatic rings. The Kier molecular flexibility index (Phi) is 11.6. The van der Waals surface area contributed by atoms with Crippen LogP contribution >= 0.6 is 11.6 Å². The van der Waals surface area contributed by atoms with Gasteiger partial charge in [-0.15, -0.1) is 0 Å². The standard InChI is InChI=1S/C43H54ClN3O8S.CH4/c1-27-38-32(33-21-31(44)14-15-34(33)45-27)16-17-42(55-38)23-35-36(48)24-43(40(51)46-56(52,53)41(2)18-19-41)22-30(43)13-7-5-3-4-6-12-29(39(50)47(35)26-42)20-37(49)54-25-28-10-8-9-11-28;/h7,13-15,21,28-30,35H,3-6,8-12,16-20,22-26H2,1-2H3,(H,46,51);1H4/b13-7-;/t29-,30-,35+,42-,43-;/m1./s1. The quantitative estimate of drug-likeness (QED) is 0.219. The van der Waals surface area contributed by atoms with Crippen molar-refractivity contribution in [3.05, 3.63) is 46.6 Å². The molecule has 3 aliphatic heterocycles. The van der Waals surface area contributed by atoms with Gasteiger partial charge in [0.1, 0.15) is 11.4 Å². The van der Waals surface area contributed by atoms with Gasteiger partial charge in [-0.2, -0.15) is 0 Å². The molecule has 8 rings (SSSR count). The van der Waals surface area contributed by atoms with E-state index in [0.29, 0.717) is 67.5 Å². The number of aromatic nitrogens is 1. The lowest BCUT2D eigenvalue weighted by molar-refractivity contribution is -0.151. The molecule has 4 fully saturated rings. The van der Waals surface area contributed by atoms with Crippen molar-refractivity contribution in [2.75, 3.05) is 13.2 Å². The molecule has 310 valence electrons. The van der Waals surface area contributed by atoms with Crippen molar-refractivity contribution in [3.8, 4) is 5.75 Å². The van der Waals surface area contributed by atoms with Gasteiger partial charge in [0.05, 0.1) is 47.0 Å². The molecule has 1 aromatic heterocycles. The number of benzene rings is 1. The van der Waals surface area contributed by atoms with E-state index in [2.05, 4.69) is 4.72 Å². The highest BCUT2D eigenvalue weighted by Crippen LogP contribution is 2.58. The van der Waals surface area contributed by atoms with Crippen LogP contribution in [0, 0.1) is 30.1 Å². The Labute approximate surface area is 342 Å². The molecule has 57 heavy (non-hydrogen) atoms. The fourth-order valence-corrected chi connectivity index (χ4v) is 11.3. The number of ether oxygens (including phenoxy) is 2. The van der Waals surface area contributed by atoms with E-state index in [1.54, 1.807) is 11.8 Å². The second kappa shape index (κ2) is 15.9. The monoisotopic (exact) mass is 823 g/mol. The van der Waals surface area contributed by atoms with Gasteiger partial charge in [0.25, 0.3) is 0 Å². The Morgan fingerprint density at radius 3 is 2.56 bits per heavy atom. The van der Waals surface area contributed by atoms with Crippen LogP contribution in [-0.2, 0) is 40.4 Å². The van der Waals surface area contributed by atoms with Gasteiger partial charge < -0.3 is 14.4 Å². The minimum atomic E-state index is -3.94. The summed E-state index contributed by atoms with van der Waals surface area (Å²) in [4.78, 5) is 63.5. The summed E-state index contributed by atoms with van der Waals surface area (Å²) in [5, 5.41) is 1.49. The number of esters is 1. The van der Waals surface area contributed by atoms with Crippen LogP contribution < -0.4 is 9.46 Å². The lowest BCUT2D eigenvalue weighted by Gasteiger charge is -2.36. The molecule has 0 radical (unpaired) electrons. The van der Waals surface area contributed by atoms with E-state index in [-0.39, 0.29) is 50.8 Å². The van der Waals surface area contributed by atoms with Gasteiger partial charge in [0.15, 0.2) is 5.78 Å². The van der Waals surface area contributed by atoms with Gasteiger partial charge in [-0.05, 0) is 108 Å². The number of nitrogens with zero attached hydrogens (tertiary/aromatic N) is 2. The van der Waals surface area contributed by atoms with Crippen LogP contribution in [-0.4, -0.2) is 71.4 Å². The average Bonchev–Trinajstić information content (AvgIpc) is 3.95. The molecular formula is C44H58ClN3O8S. The van der Waals surface area contributed by atoms with E-state index in [0.717, 1.165) is 67.8 Å². The van der Waals surface area contributed by atoms with Crippen molar-refractivity contribution < 1.29 is 37.1 Å². The Morgan fingerprint density at radius 2 is 1.81 bits per heavy atom. The number of carbonyl (C=O) groups is 4. The molecule has 1 N–H and O–H groups in total. The maximum absolute atomic E-state index is 14.9. The highest BCUT2D eigenvalue weighted by Gasteiger charge is 2.63. The average molecular weight is 824 g/mol. The number of hydrogen-bond acceptors (Lipinski definition) is 9. The summed E-state index contributed by atoms with van der Waals surface area (Å²) in [6.45, 7) is 4.02. The first-order valence-corrected chi connectivity index (χ1v) is 22.6. The number of aryl methyl sites for hydroxylation is 2. The minimum absolute atomic E-state index is 0. The molecule has 5 atom stereocenters. The summed E-state index contributed by atoms with van der Waals surface area (Å²) in [6, 6.07) is 4.66. The highest BCUT2D eigenvalue weighted by molar-refractivity contribution is 7.91. The van der Waals surface area contributed by atoms with E-state index < -0.39 is 49.6 Å². The van der Waals surface area contributed by atoms with Gasteiger partial charge >= 0.3 is 5.97 Å². The van der Waals surface area contributed by atoms with Crippen molar-refractivity contribution in [1.82, 2.24) is 14.6 Å². The normalized spacial score (nSPS) is 30.5. The predicted octanol–water partition coefficient (Wildman–Crippen LogP) is 7.72. The third-order valence-corrected chi connectivity index (χ3v) is 16.2. The molecule has 13 heteroatoms. The van der Waals surface area contributed by atoms with Gasteiger partial charge in [-0.25, -0.2) is 13.4 Å². The van der Waals surface area contributed by atoms with Crippen LogP contribution in [0.3, 0.4) is 0 Å². The van der Waals surface area contributed by atoms with E-state index in [1.807, 2.05) is 37.3 Å². The van der Waals surface area contributed by atoms with Crippen LogP contribution in [0.25, 0.3) is 10.9 Å². The molecule has 3 saturated carbocycles. The number of allylic oxidation sites excluding steroid dienone is 2. The third kappa shape index (κ3) is 8.23. The smallest absolute Gasteiger partial charge is 0.306 e. The summed E-state index contributed by atoms with van der Waals surface area (Å²) >= 11 is 6.41. The zero-order chi connectivity index (χ0) is 39.5. The fraction of sp³-hybridized carbons (Fsp3) is 0.659. The van der Waals surface area contributed by atoms with Crippen molar-refractivity contribution in [2.45, 2.75) is 147 Å². The third-order valence-electron chi connectivity index (χ3n) is 13.8. The highest BCUT2D eigenvalue weighted by atomic mass is 35.5. The molecule has 3 aliphatic carbocycles. The molecule has 1 spiro atoms. The first kappa shape index (κ1) is 41.6. The SMILES string of the molecule is C.Cc1nc2ccc(Cl)cc2c2c1O[C@]1(CC2)C[C@H]2C(=O)C[C@]3(C(=O)NS(=O)(=O)C4(C)CC4)C[C@H]3/C=C\CCCCC[C@H](CC(=O)OCC3CCCC3)C(=O)N2C1. The first-order chi connectivity index (χ1) is 26.7. The van der Waals surface area contributed by atoms with Crippen LogP contribution in [0.1, 0.15) is 128 Å². The molecule has 2 amide bonds. The largest absolute Gasteiger partial charge is 0.483 e. The molecular weight excluding hydrogens is 766 g/mol. The van der Waals surface area contributed by atoms with Gasteiger partial charge in [0, 0.05) is 34.7 Å². The number of sulfonamides is 1. The summed E-state index contributed by atoms with van der Waals surface area (Å²) in [6.07, 6.45) is 14.4. The van der Waals surface area contributed by atoms with Gasteiger partial charge in [-0.3, -0.25) is 23.9 Å². The predicted molar refractivity (Wildman–Crippen MR) is 218 cm³/mol. The van der Waals surface area contributed by atoms with Crippen molar-refractivity contribution >= 4 is 56.1 Å². The number of ketones is 1. The number of rotatable bonds is 7. The Hall–Kier alpha value is -3.51. The number of nitrogens with one attached hydrogen (secondary N) is 1. The second-order valence-corrected chi connectivity index (χ2v) is 20.6. The summed E-state index contributed by atoms with van der Waals surface area (Å²) < 4.78 is 40.6. The first-order valence-electron chi connectivity index (χ1n) is 20.7. The van der Waals surface area contributed by atoms with E-state index in [9.17, 15) is 27.6 Å². The topological polar surface area (TPSA) is 149 Å². The van der Waals surface area contributed by atoms with Crippen LogP contribution in [0.2, 0.25) is 5.02 Å². The van der Waals surface area contributed by atoms with Gasteiger partial charge in [0.2, 0.25) is 21.8 Å². The summed E-state index contributed by atoms with van der Waals surface area (Å²) in [5.74, 6) is -1.63. The Bertz CT molecular complexity index is 2080. The molecule has 11 nitrogen and oxygen atoms in total. The summed E-state index contributed by atoms with van der Waals surface area (Å²) in [5.41, 5.74) is 0.348. The lowest BCUT2D eigenvalue weighted by atomic mass is 9.85. The second-order valence-electron chi connectivity index (χ2n) is 17.9. The number of carbonyl (C=O) groups excluding carboxylic acids is 4. The Balaban J connectivity index is 0.00000496. The molecule has 2 aromatic rings. The molecule has 0 bridgehead atoms. The maximum atomic E-state index is 14.9. The van der Waals surface area contributed by atoms with E-state index in [4.69, 9.17) is 26.1 Å². The zero-order valence-corrected chi connectivity index (χ0v) is 34.2. The maximum Gasteiger partial charge on any atom is 0.306 e. The van der Waals surface area contributed by atoms with Crippen molar-refractivity contribution in [3.63, 3.8) is 0 Å². The van der Waals surface area contributed by atoms with Crippen LogP contribution in [0.4, 0.5) is 0 Å². The zero-order valence-electron chi connectivity index (χ0n) is 32.6. The van der Waals surface area contributed by atoms with Crippen molar-refractivity contribution in [2.24, 2.45) is 23.2 Å². The molecule has 1 aromatic carbocycles. The number of pyridine rings is 1. The fourth-order valence-electron chi connectivity index (χ4n) is 9.78. The van der Waals surface area contributed by atoms with Crippen LogP contribution in [0.5, 0.6) is 5.75 Å². The number of Topliss-reactive ketones (excluding diaryl/α,β-unsaturated/α-hetero) is 1. The van der Waals surface area contributed by atoms with E-state index in [1.165, 1.54) is 0 Å². The van der Waals surface area contributed by atoms with Crippen molar-refractivity contribution in [1.29, 1.82) is 0 Å². The van der Waals surface area contributed by atoms with Crippen LogP contribution in [0.15, 0.2) is 30.4 Å². The minimum Gasteiger partial charge on any atom is -0.483 e. The number of halogens is 1. The summed E-state index contributed by atoms with van der Waals surface area (Å²) in [7, 11) is -3.94. The molecule has 1 saturated heterocycles. The molecule has 4 heterocycles.